The molecule has 0 atom stereocenters. The van der Waals surface area contributed by atoms with Crippen molar-refractivity contribution < 1.29 is 24.4 Å². The van der Waals surface area contributed by atoms with Crippen LogP contribution in [0.15, 0.2) is 24.3 Å². The molecule has 11 nitrogen and oxygen atoms in total. The summed E-state index contributed by atoms with van der Waals surface area (Å²) in [6, 6.07) is 5.80. The van der Waals surface area contributed by atoms with Crippen LogP contribution in [0.3, 0.4) is 0 Å². The number of nitrogens with one attached hydrogen (secondary N) is 1. The fourth-order valence-corrected chi connectivity index (χ4v) is 3.22. The number of carbonyl (C=O) groups is 2. The molecule has 11 heteroatoms. The van der Waals surface area contributed by atoms with Gasteiger partial charge in [0.1, 0.15) is 0 Å². The number of ether oxygens (including phenoxy) is 1. The van der Waals surface area contributed by atoms with Crippen molar-refractivity contribution in [3.8, 4) is 5.69 Å². The Hall–Kier alpha value is -3.34. The molecule has 1 saturated heterocycles. The number of non-ortho nitro benzene ring substituents is 1. The van der Waals surface area contributed by atoms with E-state index in [-0.39, 0.29) is 17.8 Å². The molecule has 0 bridgehead atoms. The van der Waals surface area contributed by atoms with Gasteiger partial charge in [0.25, 0.3) is 11.6 Å². The van der Waals surface area contributed by atoms with Crippen molar-refractivity contribution >= 4 is 17.6 Å². The highest BCUT2D eigenvalue weighted by Gasteiger charge is 2.37. The van der Waals surface area contributed by atoms with E-state index in [1.54, 1.807) is 13.0 Å². The largest absolute Gasteiger partial charge is 0.481 e. The first-order valence-electron chi connectivity index (χ1n) is 8.60. The molecule has 148 valence electrons. The van der Waals surface area contributed by atoms with Crippen LogP contribution in [0.25, 0.3) is 5.69 Å². The predicted molar refractivity (Wildman–Crippen MR) is 95.3 cm³/mol. The van der Waals surface area contributed by atoms with Gasteiger partial charge in [-0.3, -0.25) is 19.7 Å². The first-order chi connectivity index (χ1) is 13.3. The Bertz CT molecular complexity index is 919. The molecule has 0 spiro atoms. The highest BCUT2D eigenvalue weighted by molar-refractivity contribution is 5.94. The van der Waals surface area contributed by atoms with Gasteiger partial charge in [0.2, 0.25) is 0 Å². The van der Waals surface area contributed by atoms with Crippen molar-refractivity contribution in [1.29, 1.82) is 0 Å². The molecular weight excluding hydrogens is 370 g/mol. The van der Waals surface area contributed by atoms with Gasteiger partial charge in [-0.15, -0.1) is 5.10 Å². The monoisotopic (exact) mass is 389 g/mol. The summed E-state index contributed by atoms with van der Waals surface area (Å²) in [7, 11) is 0. The molecule has 1 amide bonds. The zero-order valence-electron chi connectivity index (χ0n) is 15.1. The number of carboxylic acid groups (broad SMARTS) is 1. The minimum Gasteiger partial charge on any atom is -0.481 e. The summed E-state index contributed by atoms with van der Waals surface area (Å²) in [4.78, 5) is 34.5. The van der Waals surface area contributed by atoms with Crippen LogP contribution in [-0.4, -0.2) is 55.7 Å². The number of rotatable bonds is 6. The van der Waals surface area contributed by atoms with Gasteiger partial charge >= 0.3 is 5.97 Å². The first kappa shape index (κ1) is 19.4. The number of aromatic nitrogens is 3. The number of aliphatic carboxylic acids is 1. The molecule has 2 aromatic rings. The van der Waals surface area contributed by atoms with Gasteiger partial charge in [-0.2, -0.15) is 0 Å². The van der Waals surface area contributed by atoms with Gasteiger partial charge < -0.3 is 15.2 Å². The number of amides is 1. The molecule has 1 fully saturated rings. The van der Waals surface area contributed by atoms with E-state index in [2.05, 4.69) is 15.6 Å². The van der Waals surface area contributed by atoms with E-state index in [4.69, 9.17) is 4.74 Å². The van der Waals surface area contributed by atoms with Crippen molar-refractivity contribution in [2.75, 3.05) is 13.2 Å². The average Bonchev–Trinajstić information content (AvgIpc) is 3.03. The third-order valence-corrected chi connectivity index (χ3v) is 4.71. The Kier molecular flexibility index (Phi) is 5.36. The second-order valence-corrected chi connectivity index (χ2v) is 6.63. The summed E-state index contributed by atoms with van der Waals surface area (Å²) in [5, 5.41) is 30.8. The quantitative estimate of drug-likeness (QED) is 0.553. The first-order valence-corrected chi connectivity index (χ1v) is 8.60. The van der Waals surface area contributed by atoms with Crippen molar-refractivity contribution in [2.24, 2.45) is 0 Å². The highest BCUT2D eigenvalue weighted by Crippen LogP contribution is 2.26. The molecule has 0 aliphatic carbocycles. The number of nitro benzene ring substituents is 1. The molecule has 1 aliphatic rings. The molecule has 28 heavy (non-hydrogen) atoms. The smallest absolute Gasteiger partial charge is 0.305 e. The summed E-state index contributed by atoms with van der Waals surface area (Å²) in [6.07, 6.45) is 0.534. The lowest BCUT2D eigenvalue weighted by Crippen LogP contribution is -2.53. The lowest BCUT2D eigenvalue weighted by Gasteiger charge is -2.36. The third-order valence-electron chi connectivity index (χ3n) is 4.71. The Balaban J connectivity index is 1.86. The topological polar surface area (TPSA) is 149 Å². The SMILES string of the molecule is Cc1c(C(=O)NC2(CC(=O)O)CCOCC2)nnn1-c1cccc([N+](=O)[O-])c1. The Morgan fingerprint density at radius 3 is 2.75 bits per heavy atom. The van der Waals surface area contributed by atoms with E-state index in [0.717, 1.165) is 0 Å². The summed E-state index contributed by atoms with van der Waals surface area (Å²) >= 11 is 0. The molecule has 3 rings (SSSR count). The lowest BCUT2D eigenvalue weighted by atomic mass is 9.86. The van der Waals surface area contributed by atoms with E-state index < -0.39 is 22.3 Å². The molecule has 2 N–H and O–H groups in total. The maximum Gasteiger partial charge on any atom is 0.305 e. The minimum absolute atomic E-state index is 0.0303. The van der Waals surface area contributed by atoms with Crippen LogP contribution in [0.2, 0.25) is 0 Å². The Morgan fingerprint density at radius 2 is 2.11 bits per heavy atom. The van der Waals surface area contributed by atoms with Crippen molar-refractivity contribution in [1.82, 2.24) is 20.3 Å². The van der Waals surface area contributed by atoms with E-state index in [1.807, 2.05) is 0 Å². The van der Waals surface area contributed by atoms with Crippen LogP contribution in [-0.2, 0) is 9.53 Å². The van der Waals surface area contributed by atoms with Gasteiger partial charge in [-0.05, 0) is 25.8 Å². The summed E-state index contributed by atoms with van der Waals surface area (Å²) in [5.74, 6) is -1.56. The van der Waals surface area contributed by atoms with Crippen LogP contribution in [0, 0.1) is 17.0 Å². The van der Waals surface area contributed by atoms with Gasteiger partial charge in [0.05, 0.1) is 28.3 Å². The second-order valence-electron chi connectivity index (χ2n) is 6.63. The Labute approximate surface area is 159 Å². The molecular formula is C17H19N5O6. The number of hydrogen-bond acceptors (Lipinski definition) is 7. The summed E-state index contributed by atoms with van der Waals surface area (Å²) < 4.78 is 6.61. The molecule has 0 unspecified atom stereocenters. The Morgan fingerprint density at radius 1 is 1.39 bits per heavy atom. The zero-order valence-corrected chi connectivity index (χ0v) is 15.1. The lowest BCUT2D eigenvalue weighted by molar-refractivity contribution is -0.384. The van der Waals surface area contributed by atoms with Crippen LogP contribution in [0.5, 0.6) is 0 Å². The van der Waals surface area contributed by atoms with E-state index in [1.165, 1.54) is 22.9 Å². The zero-order chi connectivity index (χ0) is 20.3. The minimum atomic E-state index is -1.01. The second kappa shape index (κ2) is 7.72. The number of hydrogen-bond donors (Lipinski definition) is 2. The molecule has 1 aliphatic heterocycles. The molecule has 0 saturated carbocycles. The van der Waals surface area contributed by atoms with Crippen molar-refractivity contribution in [3.05, 3.63) is 45.8 Å². The normalized spacial score (nSPS) is 15.8. The highest BCUT2D eigenvalue weighted by atomic mass is 16.6. The maximum atomic E-state index is 12.8. The van der Waals surface area contributed by atoms with Gasteiger partial charge in [-0.1, -0.05) is 11.3 Å². The standard InChI is InChI=1S/C17H19N5O6/c1-11-15(16(25)18-17(10-14(23)24)5-7-28-8-6-17)19-20-21(11)12-3-2-4-13(9-12)22(26)27/h2-4,9H,5-8,10H2,1H3,(H,18,25)(H,23,24). The van der Waals surface area contributed by atoms with Crippen molar-refractivity contribution in [3.63, 3.8) is 0 Å². The van der Waals surface area contributed by atoms with Crippen molar-refractivity contribution in [2.45, 2.75) is 31.7 Å². The van der Waals surface area contributed by atoms with Crippen LogP contribution < -0.4 is 5.32 Å². The maximum absolute atomic E-state index is 12.8. The van der Waals surface area contributed by atoms with Crippen LogP contribution in [0.1, 0.15) is 35.4 Å². The van der Waals surface area contributed by atoms with Crippen LogP contribution >= 0.6 is 0 Å². The van der Waals surface area contributed by atoms with E-state index in [0.29, 0.717) is 37.4 Å². The van der Waals surface area contributed by atoms with E-state index in [9.17, 15) is 24.8 Å². The third kappa shape index (κ3) is 3.98. The number of carboxylic acids is 1. The van der Waals surface area contributed by atoms with Gasteiger partial charge in [0, 0.05) is 25.3 Å². The number of benzene rings is 1. The van der Waals surface area contributed by atoms with Crippen LogP contribution in [0.4, 0.5) is 5.69 Å². The average molecular weight is 389 g/mol. The number of nitro groups is 1. The molecule has 1 aromatic heterocycles. The molecule has 1 aromatic carbocycles. The number of carbonyl (C=O) groups excluding carboxylic acids is 1. The summed E-state index contributed by atoms with van der Waals surface area (Å²) in [5.41, 5.74) is -0.216. The predicted octanol–water partition coefficient (Wildman–Crippen LogP) is 1.24. The fraction of sp³-hybridized carbons (Fsp3) is 0.412. The van der Waals surface area contributed by atoms with Gasteiger partial charge in [0.15, 0.2) is 5.69 Å². The van der Waals surface area contributed by atoms with Gasteiger partial charge in [-0.25, -0.2) is 4.68 Å². The molecule has 0 radical (unpaired) electrons. The molecule has 2 heterocycles. The number of nitrogens with zero attached hydrogens (tertiary/aromatic N) is 4. The fourth-order valence-electron chi connectivity index (χ4n) is 3.22. The summed E-state index contributed by atoms with van der Waals surface area (Å²) in [6.45, 7) is 2.32. The van der Waals surface area contributed by atoms with E-state index >= 15 is 0 Å².